The summed E-state index contributed by atoms with van der Waals surface area (Å²) in [6, 6.07) is 1.78. The molecule has 0 radical (unpaired) electrons. The van der Waals surface area contributed by atoms with E-state index in [9.17, 15) is 8.42 Å². The fraction of sp³-hybridized carbons (Fsp3) is 0.733. The van der Waals surface area contributed by atoms with E-state index in [1.807, 2.05) is 0 Å². The molecule has 4 rings (SSSR count). The smallest absolute Gasteiger partial charge is 0.222 e. The lowest BCUT2D eigenvalue weighted by Crippen LogP contribution is -2.53. The number of hydrogen-bond acceptors (Lipinski definition) is 6. The topological polar surface area (TPSA) is 84.4 Å². The minimum absolute atomic E-state index is 0.00200. The average Bonchev–Trinajstić information content (AvgIpc) is 3.35. The number of hydrogen-bond donors (Lipinski definition) is 1. The van der Waals surface area contributed by atoms with E-state index in [4.69, 9.17) is 4.74 Å². The van der Waals surface area contributed by atoms with Gasteiger partial charge in [-0.3, -0.25) is 0 Å². The summed E-state index contributed by atoms with van der Waals surface area (Å²) in [4.78, 5) is 8.32. The van der Waals surface area contributed by atoms with Crippen molar-refractivity contribution in [1.29, 1.82) is 0 Å². The molecular weight excluding hydrogens is 316 g/mol. The Morgan fingerprint density at radius 3 is 2.74 bits per heavy atom. The van der Waals surface area contributed by atoms with Gasteiger partial charge in [-0.25, -0.2) is 18.4 Å². The van der Waals surface area contributed by atoms with Crippen molar-refractivity contribution < 1.29 is 13.2 Å². The first-order chi connectivity index (χ1) is 11.2. The van der Waals surface area contributed by atoms with Crippen LogP contribution in [0.4, 0.5) is 5.95 Å². The van der Waals surface area contributed by atoms with Crippen LogP contribution in [0, 0.1) is 5.92 Å². The van der Waals surface area contributed by atoms with E-state index in [0.717, 1.165) is 25.7 Å². The van der Waals surface area contributed by atoms with Crippen LogP contribution in [0.3, 0.4) is 0 Å². The molecule has 3 aliphatic rings. The summed E-state index contributed by atoms with van der Waals surface area (Å²) in [5.74, 6) is 0.898. The number of nitrogens with zero attached hydrogens (tertiary/aromatic N) is 3. The van der Waals surface area contributed by atoms with Crippen molar-refractivity contribution in [3.63, 3.8) is 0 Å². The van der Waals surface area contributed by atoms with Crippen molar-refractivity contribution >= 4 is 16.0 Å². The van der Waals surface area contributed by atoms with Gasteiger partial charge in [-0.05, 0) is 31.7 Å². The average molecular weight is 338 g/mol. The Kier molecular flexibility index (Phi) is 3.98. The fourth-order valence-corrected chi connectivity index (χ4v) is 5.78. The van der Waals surface area contributed by atoms with E-state index in [1.165, 1.54) is 0 Å². The molecule has 0 amide bonds. The molecule has 1 N–H and O–H groups in total. The van der Waals surface area contributed by atoms with Crippen molar-refractivity contribution in [1.82, 2.24) is 14.3 Å². The molecule has 0 spiro atoms. The van der Waals surface area contributed by atoms with Gasteiger partial charge < -0.3 is 10.1 Å². The summed E-state index contributed by atoms with van der Waals surface area (Å²) < 4.78 is 32.9. The van der Waals surface area contributed by atoms with Gasteiger partial charge in [0.2, 0.25) is 16.0 Å². The van der Waals surface area contributed by atoms with Crippen molar-refractivity contribution in [3.05, 3.63) is 18.5 Å². The molecule has 1 aliphatic heterocycles. The zero-order valence-corrected chi connectivity index (χ0v) is 13.8. The third-order valence-corrected chi connectivity index (χ3v) is 7.45. The number of rotatable bonds is 5. The first-order valence-corrected chi connectivity index (χ1v) is 9.80. The van der Waals surface area contributed by atoms with Crippen LogP contribution < -0.4 is 5.32 Å². The van der Waals surface area contributed by atoms with E-state index in [1.54, 1.807) is 22.8 Å². The molecule has 8 heteroatoms. The SMILES string of the molecule is O=S(=O)(C1CC1)N1CCO[C@@H]2[C@@H](CNc3ncccn3)CC[C@H]21. The predicted octanol–water partition coefficient (Wildman–Crippen LogP) is 0.860. The third kappa shape index (κ3) is 2.95. The van der Waals surface area contributed by atoms with Gasteiger partial charge in [-0.15, -0.1) is 0 Å². The molecule has 3 fully saturated rings. The molecule has 0 aromatic carbocycles. The standard InChI is InChI=1S/C15H22N4O3S/c20-23(21,12-3-4-12)19-8-9-22-14-11(2-5-13(14)19)10-18-15-16-6-1-7-17-15/h1,6-7,11-14H,2-5,8-10H2,(H,16,17,18)/t11-,13-,14-/m1/s1. The number of morpholine rings is 1. The maximum atomic E-state index is 12.6. The number of aromatic nitrogens is 2. The quantitative estimate of drug-likeness (QED) is 0.857. The van der Waals surface area contributed by atoms with Gasteiger partial charge in [0.05, 0.1) is 24.0 Å². The Morgan fingerprint density at radius 2 is 2.00 bits per heavy atom. The second kappa shape index (κ2) is 5.99. The molecule has 1 saturated heterocycles. The van der Waals surface area contributed by atoms with Crippen LogP contribution in [0.15, 0.2) is 18.5 Å². The summed E-state index contributed by atoms with van der Waals surface area (Å²) in [6.45, 7) is 1.70. The predicted molar refractivity (Wildman–Crippen MR) is 85.4 cm³/mol. The van der Waals surface area contributed by atoms with Gasteiger partial charge in [0.1, 0.15) is 0 Å². The van der Waals surface area contributed by atoms with Crippen molar-refractivity contribution in [3.8, 4) is 0 Å². The normalized spacial score (nSPS) is 31.7. The van der Waals surface area contributed by atoms with Gasteiger partial charge in [0, 0.05) is 31.4 Å². The highest BCUT2D eigenvalue weighted by molar-refractivity contribution is 7.90. The molecule has 2 aliphatic carbocycles. The van der Waals surface area contributed by atoms with E-state index in [-0.39, 0.29) is 17.4 Å². The lowest BCUT2D eigenvalue weighted by Gasteiger charge is -2.38. The second-order valence-corrected chi connectivity index (χ2v) is 8.71. The van der Waals surface area contributed by atoms with Gasteiger partial charge >= 0.3 is 0 Å². The third-order valence-electron chi connectivity index (χ3n) is 5.03. The summed E-state index contributed by atoms with van der Waals surface area (Å²) >= 11 is 0. The van der Waals surface area contributed by atoms with Gasteiger partial charge in [0.15, 0.2) is 0 Å². The molecular formula is C15H22N4O3S. The Morgan fingerprint density at radius 1 is 1.22 bits per heavy atom. The van der Waals surface area contributed by atoms with Gasteiger partial charge in [-0.2, -0.15) is 4.31 Å². The maximum Gasteiger partial charge on any atom is 0.222 e. The molecule has 0 unspecified atom stereocenters. The van der Waals surface area contributed by atoms with E-state index in [2.05, 4.69) is 15.3 Å². The molecule has 3 atom stereocenters. The Hall–Kier alpha value is -1.25. The first-order valence-electron chi connectivity index (χ1n) is 8.29. The molecule has 7 nitrogen and oxygen atoms in total. The summed E-state index contributed by atoms with van der Waals surface area (Å²) in [7, 11) is -3.13. The highest BCUT2D eigenvalue weighted by Crippen LogP contribution is 2.40. The van der Waals surface area contributed by atoms with Crippen LogP contribution in [0.1, 0.15) is 25.7 Å². The Balaban J connectivity index is 1.43. The summed E-state index contributed by atoms with van der Waals surface area (Å²) in [6.07, 6.45) is 6.85. The lowest BCUT2D eigenvalue weighted by molar-refractivity contribution is -0.0434. The van der Waals surface area contributed by atoms with E-state index >= 15 is 0 Å². The largest absolute Gasteiger partial charge is 0.375 e. The Labute approximate surface area is 136 Å². The molecule has 2 heterocycles. The van der Waals surface area contributed by atoms with Crippen molar-refractivity contribution in [2.24, 2.45) is 5.92 Å². The van der Waals surface area contributed by atoms with Crippen LogP contribution in [0.5, 0.6) is 0 Å². The minimum Gasteiger partial charge on any atom is -0.375 e. The molecule has 0 bridgehead atoms. The van der Waals surface area contributed by atoms with Gasteiger partial charge in [0.25, 0.3) is 0 Å². The zero-order chi connectivity index (χ0) is 15.9. The van der Waals surface area contributed by atoms with E-state index in [0.29, 0.717) is 31.6 Å². The fourth-order valence-electron chi connectivity index (χ4n) is 3.73. The molecule has 126 valence electrons. The monoisotopic (exact) mass is 338 g/mol. The van der Waals surface area contributed by atoms with Crippen LogP contribution in [0.25, 0.3) is 0 Å². The number of ether oxygens (including phenoxy) is 1. The molecule has 1 aromatic heterocycles. The number of sulfonamides is 1. The highest BCUT2D eigenvalue weighted by Gasteiger charge is 2.50. The molecule has 23 heavy (non-hydrogen) atoms. The summed E-state index contributed by atoms with van der Waals surface area (Å²) in [5, 5.41) is 3.10. The summed E-state index contributed by atoms with van der Waals surface area (Å²) in [5.41, 5.74) is 0. The van der Waals surface area contributed by atoms with Crippen LogP contribution in [0.2, 0.25) is 0 Å². The van der Waals surface area contributed by atoms with Crippen molar-refractivity contribution in [2.75, 3.05) is 25.0 Å². The van der Waals surface area contributed by atoms with Crippen LogP contribution in [-0.2, 0) is 14.8 Å². The lowest BCUT2D eigenvalue weighted by atomic mass is 10.0. The minimum atomic E-state index is -3.13. The highest BCUT2D eigenvalue weighted by atomic mass is 32.2. The zero-order valence-electron chi connectivity index (χ0n) is 13.0. The van der Waals surface area contributed by atoms with E-state index < -0.39 is 10.0 Å². The Bertz CT molecular complexity index is 650. The van der Waals surface area contributed by atoms with Gasteiger partial charge in [-0.1, -0.05) is 0 Å². The number of anilines is 1. The number of nitrogens with one attached hydrogen (secondary N) is 1. The van der Waals surface area contributed by atoms with Crippen LogP contribution in [-0.4, -0.2) is 59.8 Å². The first kappa shape index (κ1) is 15.3. The second-order valence-electron chi connectivity index (χ2n) is 6.55. The number of fused-ring (bicyclic) bond motifs is 1. The van der Waals surface area contributed by atoms with Crippen LogP contribution >= 0.6 is 0 Å². The maximum absolute atomic E-state index is 12.6. The molecule has 2 saturated carbocycles. The molecule has 1 aromatic rings. The van der Waals surface area contributed by atoms with Crippen molar-refractivity contribution in [2.45, 2.75) is 43.1 Å².